The van der Waals surface area contributed by atoms with Crippen molar-refractivity contribution in [1.82, 2.24) is 10.2 Å². The first-order chi connectivity index (χ1) is 17.3. The molecule has 0 aromatic carbocycles. The van der Waals surface area contributed by atoms with Gasteiger partial charge in [0, 0.05) is 45.4 Å². The second-order valence-electron chi connectivity index (χ2n) is 14.3. The number of ketones is 1. The first-order valence-corrected chi connectivity index (χ1v) is 14.8. The van der Waals surface area contributed by atoms with Crippen LogP contribution >= 0.6 is 0 Å². The molecule has 0 spiro atoms. The quantitative estimate of drug-likeness (QED) is 0.163. The Hall–Kier alpha value is -1.47. The molecule has 4 aliphatic rings. The van der Waals surface area contributed by atoms with Crippen molar-refractivity contribution < 1.29 is 18.9 Å². The molecule has 7 nitrogen and oxygen atoms in total. The molecule has 4 saturated carbocycles. The van der Waals surface area contributed by atoms with Crippen LogP contribution in [0.3, 0.4) is 0 Å². The Kier molecular flexibility index (Phi) is 8.45. The molecule has 1 N–H and O–H groups in total. The number of likely N-dealkylation sites (N-methyl/N-ethyl adjacent to an activating group) is 2. The molecular formula is C30H53N4O3+. The molecule has 0 aromatic rings. The minimum atomic E-state index is -0.380. The third-order valence-corrected chi connectivity index (χ3v) is 11.1. The summed E-state index contributed by atoms with van der Waals surface area (Å²) in [7, 11) is 8.30. The Labute approximate surface area is 225 Å². The lowest BCUT2D eigenvalue weighted by Crippen LogP contribution is -2.53. The molecule has 0 heterocycles. The van der Waals surface area contributed by atoms with E-state index in [1.54, 1.807) is 11.9 Å². The highest BCUT2D eigenvalue weighted by molar-refractivity contribution is 5.85. The van der Waals surface area contributed by atoms with Gasteiger partial charge in [0.2, 0.25) is 0 Å². The summed E-state index contributed by atoms with van der Waals surface area (Å²) in [5.41, 5.74) is 1.56. The van der Waals surface area contributed by atoms with Crippen LogP contribution in [0.2, 0.25) is 0 Å². The summed E-state index contributed by atoms with van der Waals surface area (Å²) in [5.74, 6) is 3.72. The molecule has 4 rings (SSSR count). The molecule has 0 aliphatic heterocycles. The average Bonchev–Trinajstić information content (AvgIpc) is 3.19. The number of rotatable bonds is 8. The smallest absolute Gasteiger partial charge is 0.330 e. The van der Waals surface area contributed by atoms with Gasteiger partial charge in [-0.05, 0) is 86.4 Å². The van der Waals surface area contributed by atoms with E-state index in [4.69, 9.17) is 4.84 Å². The second kappa shape index (κ2) is 11.0. The molecule has 0 unspecified atom stereocenters. The van der Waals surface area contributed by atoms with Crippen molar-refractivity contribution in [2.45, 2.75) is 78.6 Å². The highest BCUT2D eigenvalue weighted by Crippen LogP contribution is 2.67. The van der Waals surface area contributed by atoms with Crippen molar-refractivity contribution in [2.24, 2.45) is 45.6 Å². The van der Waals surface area contributed by atoms with Crippen LogP contribution in [0.5, 0.6) is 0 Å². The van der Waals surface area contributed by atoms with Gasteiger partial charge in [-0.25, -0.2) is 4.79 Å². The lowest BCUT2D eigenvalue weighted by molar-refractivity contribution is -0.869. The summed E-state index contributed by atoms with van der Waals surface area (Å²) in [6, 6.07) is 0. The van der Waals surface area contributed by atoms with Crippen LogP contribution in [0, 0.1) is 40.4 Å². The number of amides is 1. The number of Topliss-reactive ketones (excluding diaryl/α,β-unsaturated/α-hetero) is 1. The van der Waals surface area contributed by atoms with Crippen molar-refractivity contribution in [3.63, 3.8) is 0 Å². The Morgan fingerprint density at radius 1 is 1.05 bits per heavy atom. The predicted molar refractivity (Wildman–Crippen MR) is 148 cm³/mol. The molecule has 0 bridgehead atoms. The van der Waals surface area contributed by atoms with Crippen molar-refractivity contribution in [3.05, 3.63) is 0 Å². The van der Waals surface area contributed by atoms with Crippen molar-refractivity contribution >= 4 is 17.6 Å². The normalized spacial score (nSPS) is 38.0. The number of oxime groups is 1. The fourth-order valence-corrected chi connectivity index (χ4v) is 8.85. The molecule has 4 aliphatic carbocycles. The minimum Gasteiger partial charge on any atom is -0.330 e. The fraction of sp³-hybridized carbons (Fsp3) is 0.900. The number of fused-ring (bicyclic) bond motifs is 5. The van der Waals surface area contributed by atoms with E-state index in [2.05, 4.69) is 52.4 Å². The molecule has 7 atom stereocenters. The molecular weight excluding hydrogens is 464 g/mol. The third-order valence-electron chi connectivity index (χ3n) is 11.1. The zero-order valence-electron chi connectivity index (χ0n) is 24.6. The molecule has 4 fully saturated rings. The van der Waals surface area contributed by atoms with E-state index in [9.17, 15) is 9.59 Å². The van der Waals surface area contributed by atoms with Gasteiger partial charge in [0.15, 0.2) is 0 Å². The predicted octanol–water partition coefficient (Wildman–Crippen LogP) is 4.95. The standard InChI is InChI=1S/C30H53N4O3/c1-21(32-37-28(36)33(4)18-16-31-17-19-34(5,6)7)25-10-11-26-24-9-8-22-20-23(35)12-14-29(22,2)27(24)13-15-30(25,26)3/h22,24-27,31H,8-20H2,1-7H3/q+1/b32-21+/t22-,24-,25+,26-,27-,29-,30+/m0/s1. The van der Waals surface area contributed by atoms with Gasteiger partial charge in [-0.15, -0.1) is 0 Å². The van der Waals surface area contributed by atoms with Gasteiger partial charge in [0.25, 0.3) is 0 Å². The summed E-state index contributed by atoms with van der Waals surface area (Å²) in [6.45, 7) is 10.4. The van der Waals surface area contributed by atoms with Crippen molar-refractivity contribution in [1.29, 1.82) is 0 Å². The van der Waals surface area contributed by atoms with Crippen LogP contribution in [0.25, 0.3) is 0 Å². The van der Waals surface area contributed by atoms with Gasteiger partial charge in [-0.1, -0.05) is 19.0 Å². The van der Waals surface area contributed by atoms with Crippen LogP contribution < -0.4 is 5.32 Å². The van der Waals surface area contributed by atoms with E-state index in [0.29, 0.717) is 35.5 Å². The number of carbonyl (C=O) groups is 2. The van der Waals surface area contributed by atoms with Crippen molar-refractivity contribution in [2.75, 3.05) is 54.4 Å². The van der Waals surface area contributed by atoms with Crippen LogP contribution in [0.4, 0.5) is 4.79 Å². The zero-order valence-corrected chi connectivity index (χ0v) is 24.6. The first kappa shape index (κ1) is 28.5. The Morgan fingerprint density at radius 2 is 1.78 bits per heavy atom. The van der Waals surface area contributed by atoms with Gasteiger partial charge in [-0.3, -0.25) is 9.63 Å². The number of hydrogen-bond donors (Lipinski definition) is 1. The molecule has 0 radical (unpaired) electrons. The number of hydrogen-bond acceptors (Lipinski definition) is 5. The topological polar surface area (TPSA) is 71.0 Å². The Morgan fingerprint density at radius 3 is 2.51 bits per heavy atom. The average molecular weight is 518 g/mol. The van der Waals surface area contributed by atoms with Gasteiger partial charge >= 0.3 is 6.09 Å². The van der Waals surface area contributed by atoms with E-state index in [-0.39, 0.29) is 11.5 Å². The molecule has 210 valence electrons. The lowest BCUT2D eigenvalue weighted by atomic mass is 9.44. The number of quaternary nitrogens is 1. The summed E-state index contributed by atoms with van der Waals surface area (Å²) in [4.78, 5) is 31.8. The first-order valence-electron chi connectivity index (χ1n) is 14.8. The van der Waals surface area contributed by atoms with E-state index >= 15 is 0 Å². The maximum Gasteiger partial charge on any atom is 0.435 e. The van der Waals surface area contributed by atoms with Crippen LogP contribution in [-0.2, 0) is 9.63 Å². The highest BCUT2D eigenvalue weighted by atomic mass is 16.7. The Balaban J connectivity index is 1.31. The number of nitrogens with one attached hydrogen (secondary N) is 1. The molecule has 37 heavy (non-hydrogen) atoms. The number of nitrogens with zero attached hydrogens (tertiary/aromatic N) is 3. The van der Waals surface area contributed by atoms with E-state index in [0.717, 1.165) is 67.3 Å². The SMILES string of the molecule is C/C(=N\OC(=O)N(C)CCNCC[N+](C)(C)C)[C@H]1CC[C@H]2[C@@H]3CC[C@H]4CC(=O)CC[C@]4(C)[C@H]3CC[C@]12C. The maximum absolute atomic E-state index is 12.6. The van der Waals surface area contributed by atoms with E-state index in [1.165, 1.54) is 32.1 Å². The zero-order chi connectivity index (χ0) is 27.0. The largest absolute Gasteiger partial charge is 0.435 e. The maximum atomic E-state index is 12.6. The summed E-state index contributed by atoms with van der Waals surface area (Å²) < 4.78 is 0.919. The summed E-state index contributed by atoms with van der Waals surface area (Å²) in [6.07, 6.45) is 9.72. The lowest BCUT2D eigenvalue weighted by Gasteiger charge is -2.60. The second-order valence-corrected chi connectivity index (χ2v) is 14.3. The highest BCUT2D eigenvalue weighted by Gasteiger charge is 2.60. The third kappa shape index (κ3) is 5.93. The van der Waals surface area contributed by atoms with Crippen LogP contribution in [0.1, 0.15) is 78.6 Å². The number of carbonyl (C=O) groups excluding carboxylic acids is 2. The van der Waals surface area contributed by atoms with E-state index in [1.807, 2.05) is 0 Å². The monoisotopic (exact) mass is 517 g/mol. The summed E-state index contributed by atoms with van der Waals surface area (Å²) >= 11 is 0. The van der Waals surface area contributed by atoms with Crippen molar-refractivity contribution in [3.8, 4) is 0 Å². The van der Waals surface area contributed by atoms with Gasteiger partial charge in [-0.2, -0.15) is 0 Å². The van der Waals surface area contributed by atoms with Crippen LogP contribution in [0.15, 0.2) is 5.16 Å². The molecule has 1 amide bonds. The van der Waals surface area contributed by atoms with Gasteiger partial charge in [0.05, 0.1) is 33.4 Å². The molecule has 0 saturated heterocycles. The summed E-state index contributed by atoms with van der Waals surface area (Å²) in [5, 5.41) is 7.80. The van der Waals surface area contributed by atoms with E-state index < -0.39 is 0 Å². The van der Waals surface area contributed by atoms with Gasteiger partial charge in [0.1, 0.15) is 5.78 Å². The van der Waals surface area contributed by atoms with Crippen LogP contribution in [-0.4, -0.2) is 81.3 Å². The minimum absolute atomic E-state index is 0.232. The Bertz CT molecular complexity index is 883. The molecule has 7 heteroatoms. The fourth-order valence-electron chi connectivity index (χ4n) is 8.85. The van der Waals surface area contributed by atoms with Gasteiger partial charge < -0.3 is 14.7 Å². The molecule has 0 aromatic heterocycles.